The summed E-state index contributed by atoms with van der Waals surface area (Å²) in [5.41, 5.74) is 3.24. The van der Waals surface area contributed by atoms with Crippen molar-refractivity contribution in [2.24, 2.45) is 5.92 Å². The predicted molar refractivity (Wildman–Crippen MR) is 95.1 cm³/mol. The van der Waals surface area contributed by atoms with Crippen molar-refractivity contribution in [3.63, 3.8) is 0 Å². The van der Waals surface area contributed by atoms with Crippen LogP contribution in [0.15, 0.2) is 18.2 Å². The third kappa shape index (κ3) is 2.65. The van der Waals surface area contributed by atoms with Crippen LogP contribution in [0.3, 0.4) is 0 Å². The molecule has 3 atom stereocenters. The summed E-state index contributed by atoms with van der Waals surface area (Å²) in [6.07, 6.45) is 7.46. The molecule has 1 aliphatic carbocycles. The molecule has 3 rings (SSSR count). The van der Waals surface area contributed by atoms with Gasteiger partial charge in [-0.2, -0.15) is 0 Å². The van der Waals surface area contributed by atoms with Gasteiger partial charge in [-0.05, 0) is 68.5 Å². The smallest absolute Gasteiger partial charge is 0.115 e. The zero-order valence-corrected chi connectivity index (χ0v) is 15.0. The molecule has 1 saturated heterocycles. The van der Waals surface area contributed by atoms with Gasteiger partial charge in [-0.1, -0.05) is 32.8 Å². The van der Waals surface area contributed by atoms with Crippen molar-refractivity contribution in [2.75, 3.05) is 13.6 Å². The quantitative estimate of drug-likeness (QED) is 0.880. The van der Waals surface area contributed by atoms with Crippen LogP contribution in [0.2, 0.25) is 0 Å². The average Bonchev–Trinajstić information content (AvgIpc) is 2.46. The van der Waals surface area contributed by atoms with Gasteiger partial charge in [0.2, 0.25) is 0 Å². The van der Waals surface area contributed by atoms with Gasteiger partial charge in [-0.15, -0.1) is 12.4 Å². The Balaban J connectivity index is 0.00000176. The van der Waals surface area contributed by atoms with Gasteiger partial charge in [0.15, 0.2) is 0 Å². The Morgan fingerprint density at radius 3 is 2.73 bits per heavy atom. The molecule has 2 bridgehead atoms. The second-order valence-corrected chi connectivity index (χ2v) is 7.14. The van der Waals surface area contributed by atoms with Gasteiger partial charge < -0.3 is 10.0 Å². The first kappa shape index (κ1) is 17.6. The Kier molecular flexibility index (Phi) is 5.45. The van der Waals surface area contributed by atoms with Crippen LogP contribution in [0.4, 0.5) is 0 Å². The van der Waals surface area contributed by atoms with Crippen LogP contribution < -0.4 is 0 Å². The lowest BCUT2D eigenvalue weighted by Crippen LogP contribution is -2.58. The molecule has 1 aliphatic heterocycles. The van der Waals surface area contributed by atoms with E-state index in [1.54, 1.807) is 0 Å². The summed E-state index contributed by atoms with van der Waals surface area (Å²) in [5.74, 6) is 1.19. The molecule has 0 radical (unpaired) electrons. The van der Waals surface area contributed by atoms with Gasteiger partial charge in [0.1, 0.15) is 5.75 Å². The van der Waals surface area contributed by atoms with Crippen molar-refractivity contribution in [3.8, 4) is 5.75 Å². The van der Waals surface area contributed by atoms with Crippen LogP contribution in [0.1, 0.15) is 57.1 Å². The number of halogens is 1. The van der Waals surface area contributed by atoms with E-state index in [0.29, 0.717) is 17.2 Å². The molecule has 2 nitrogen and oxygen atoms in total. The van der Waals surface area contributed by atoms with Crippen molar-refractivity contribution in [1.29, 1.82) is 0 Å². The molecule has 1 N–H and O–H groups in total. The van der Waals surface area contributed by atoms with Gasteiger partial charge in [-0.25, -0.2) is 0 Å². The van der Waals surface area contributed by atoms with Gasteiger partial charge in [0.25, 0.3) is 0 Å². The number of fused-ring (bicyclic) bond motifs is 4. The molecular formula is C19H30ClNO. The van der Waals surface area contributed by atoms with Crippen LogP contribution in [-0.4, -0.2) is 29.6 Å². The molecule has 0 amide bonds. The van der Waals surface area contributed by atoms with Crippen LogP contribution in [0.5, 0.6) is 5.75 Å². The minimum absolute atomic E-state index is 0. The van der Waals surface area contributed by atoms with Gasteiger partial charge in [0.05, 0.1) is 0 Å². The maximum atomic E-state index is 10.0. The predicted octanol–water partition coefficient (Wildman–Crippen LogP) is 4.53. The molecule has 0 saturated carbocycles. The maximum Gasteiger partial charge on any atom is 0.115 e. The number of phenolic OH excluding ortho intramolecular Hbond substituents is 1. The number of hydrogen-bond acceptors (Lipinski definition) is 2. The lowest BCUT2D eigenvalue weighted by atomic mass is 9.54. The van der Waals surface area contributed by atoms with E-state index in [1.807, 2.05) is 6.07 Å². The lowest BCUT2D eigenvalue weighted by Gasteiger charge is -2.56. The molecule has 0 unspecified atom stereocenters. The normalized spacial score (nSPS) is 30.5. The summed E-state index contributed by atoms with van der Waals surface area (Å²) in [7, 11) is 2.30. The topological polar surface area (TPSA) is 23.5 Å². The number of aromatic hydroxyl groups is 1. The Morgan fingerprint density at radius 1 is 1.27 bits per heavy atom. The summed E-state index contributed by atoms with van der Waals surface area (Å²) in [4.78, 5) is 2.59. The summed E-state index contributed by atoms with van der Waals surface area (Å²) in [6.45, 7) is 5.81. The lowest BCUT2D eigenvalue weighted by molar-refractivity contribution is 0.0197. The number of nitrogens with zero attached hydrogens (tertiary/aromatic N) is 1. The highest BCUT2D eigenvalue weighted by atomic mass is 35.5. The van der Waals surface area contributed by atoms with Crippen molar-refractivity contribution < 1.29 is 5.11 Å². The molecule has 1 aromatic carbocycles. The molecular weight excluding hydrogens is 294 g/mol. The second-order valence-electron chi connectivity index (χ2n) is 7.14. The van der Waals surface area contributed by atoms with E-state index in [9.17, 15) is 5.11 Å². The first-order valence-corrected chi connectivity index (χ1v) is 8.65. The summed E-state index contributed by atoms with van der Waals surface area (Å²) >= 11 is 0. The SMILES string of the molecule is CCC[C@H]1[C@@H]2Cc3ccc(O)cc3[C@]1(CCC)CCN2C.Cl. The van der Waals surface area contributed by atoms with Crippen molar-refractivity contribution in [2.45, 2.75) is 63.8 Å². The van der Waals surface area contributed by atoms with E-state index >= 15 is 0 Å². The number of likely N-dealkylation sites (N-methyl/N-ethyl adjacent to an activating group) is 1. The van der Waals surface area contributed by atoms with Crippen molar-refractivity contribution >= 4 is 12.4 Å². The van der Waals surface area contributed by atoms with Gasteiger partial charge >= 0.3 is 0 Å². The number of rotatable bonds is 4. The molecule has 1 heterocycles. The number of hydrogen-bond donors (Lipinski definition) is 1. The van der Waals surface area contributed by atoms with Crippen molar-refractivity contribution in [1.82, 2.24) is 4.90 Å². The van der Waals surface area contributed by atoms with Crippen LogP contribution in [0, 0.1) is 5.92 Å². The fourth-order valence-corrected chi connectivity index (χ4v) is 5.14. The zero-order chi connectivity index (χ0) is 15.0. The molecule has 0 spiro atoms. The molecule has 1 aromatic rings. The first-order valence-electron chi connectivity index (χ1n) is 8.65. The molecule has 3 heteroatoms. The molecule has 1 fully saturated rings. The monoisotopic (exact) mass is 323 g/mol. The summed E-state index contributed by atoms with van der Waals surface area (Å²) in [5, 5.41) is 10.0. The second kappa shape index (κ2) is 6.80. The number of likely N-dealkylation sites (tertiary alicyclic amines) is 1. The van der Waals surface area contributed by atoms with Crippen LogP contribution >= 0.6 is 12.4 Å². The van der Waals surface area contributed by atoms with Crippen molar-refractivity contribution in [3.05, 3.63) is 29.3 Å². The largest absolute Gasteiger partial charge is 0.508 e. The van der Waals surface area contributed by atoms with E-state index in [-0.39, 0.29) is 12.4 Å². The minimum atomic E-state index is 0. The standard InChI is InChI=1S/C19H29NO.ClH/c1-4-6-16-18-12-14-7-8-15(21)13-17(14)19(16,9-5-2)10-11-20(18)3;/h7-8,13,16,18,21H,4-6,9-12H2,1-3H3;1H/t16-,18-,19+;/m0./s1. The minimum Gasteiger partial charge on any atom is -0.508 e. The maximum absolute atomic E-state index is 10.0. The first-order chi connectivity index (χ1) is 10.1. The number of benzene rings is 1. The van der Waals surface area contributed by atoms with E-state index in [1.165, 1.54) is 49.8 Å². The zero-order valence-electron chi connectivity index (χ0n) is 14.1. The molecule has 124 valence electrons. The fourth-order valence-electron chi connectivity index (χ4n) is 5.14. The third-order valence-corrected chi connectivity index (χ3v) is 6.01. The molecule has 0 aromatic heterocycles. The molecule has 22 heavy (non-hydrogen) atoms. The van der Waals surface area contributed by atoms with Crippen LogP contribution in [0.25, 0.3) is 0 Å². The van der Waals surface area contributed by atoms with E-state index in [4.69, 9.17) is 0 Å². The Bertz CT molecular complexity index is 518. The highest BCUT2D eigenvalue weighted by Crippen LogP contribution is 2.53. The van der Waals surface area contributed by atoms with E-state index < -0.39 is 0 Å². The Morgan fingerprint density at radius 2 is 2.05 bits per heavy atom. The Hall–Kier alpha value is -0.730. The third-order valence-electron chi connectivity index (χ3n) is 6.01. The number of phenols is 1. The van der Waals surface area contributed by atoms with Crippen LogP contribution in [-0.2, 0) is 11.8 Å². The average molecular weight is 324 g/mol. The fraction of sp³-hybridized carbons (Fsp3) is 0.684. The summed E-state index contributed by atoms with van der Waals surface area (Å²) < 4.78 is 0. The Labute approximate surface area is 141 Å². The van der Waals surface area contributed by atoms with E-state index in [0.717, 1.165) is 12.3 Å². The van der Waals surface area contributed by atoms with E-state index in [2.05, 4.69) is 37.9 Å². The highest BCUT2D eigenvalue weighted by molar-refractivity contribution is 5.85. The summed E-state index contributed by atoms with van der Waals surface area (Å²) in [6, 6.07) is 6.80. The molecule has 2 aliphatic rings. The van der Waals surface area contributed by atoms with Gasteiger partial charge in [-0.3, -0.25) is 0 Å². The number of piperidine rings is 1. The van der Waals surface area contributed by atoms with Gasteiger partial charge in [0, 0.05) is 11.5 Å². The highest BCUT2D eigenvalue weighted by Gasteiger charge is 2.51.